The molecule has 19 heavy (non-hydrogen) atoms. The molecule has 0 aromatic heterocycles. The zero-order valence-electron chi connectivity index (χ0n) is 10.2. The number of halogens is 1. The summed E-state index contributed by atoms with van der Waals surface area (Å²) in [5.41, 5.74) is 2.97. The van der Waals surface area contributed by atoms with Crippen LogP contribution in [0, 0.1) is 0 Å². The van der Waals surface area contributed by atoms with Gasteiger partial charge in [0, 0.05) is 22.0 Å². The number of hydrogen-bond donors (Lipinski definition) is 2. The number of carbonyl (C=O) groups excluding carboxylic acids is 1. The lowest BCUT2D eigenvalue weighted by atomic mass is 10.2. The number of benzene rings is 2. The lowest BCUT2D eigenvalue weighted by molar-refractivity contribution is -0.114. The van der Waals surface area contributed by atoms with Crippen molar-refractivity contribution in [2.24, 2.45) is 0 Å². The highest BCUT2D eigenvalue weighted by molar-refractivity contribution is 9.10. The van der Waals surface area contributed by atoms with Crippen LogP contribution in [0.2, 0.25) is 0 Å². The van der Waals surface area contributed by atoms with Crippen LogP contribution >= 0.6 is 27.7 Å². The third-order valence-corrected chi connectivity index (χ3v) is 4.88. The number of fused-ring (bicyclic) bond motifs is 2. The van der Waals surface area contributed by atoms with Crippen molar-refractivity contribution in [3.63, 3.8) is 0 Å². The topological polar surface area (TPSA) is 41.1 Å². The zero-order chi connectivity index (χ0) is 13.4. The first-order valence-electron chi connectivity index (χ1n) is 5.78. The molecule has 1 heterocycles. The Kier molecular flexibility index (Phi) is 3.24. The standard InChI is InChI=1S/C14H11BrN2OS/c1-8(18)16-9-5-6-11-13(7-9)19-14-10(15)3-2-4-12(14)17-11/h2-7,17H,1H3,(H,16,18). The predicted octanol–water partition coefficient (Wildman–Crippen LogP) is 4.62. The molecule has 0 bridgehead atoms. The average Bonchev–Trinajstić information content (AvgIpc) is 2.37. The van der Waals surface area contributed by atoms with Gasteiger partial charge in [0.1, 0.15) is 0 Å². The molecule has 1 aliphatic heterocycles. The molecule has 2 N–H and O–H groups in total. The monoisotopic (exact) mass is 334 g/mol. The van der Waals surface area contributed by atoms with E-state index in [1.807, 2.05) is 30.3 Å². The van der Waals surface area contributed by atoms with E-state index in [0.717, 1.165) is 31.3 Å². The van der Waals surface area contributed by atoms with Gasteiger partial charge in [-0.25, -0.2) is 0 Å². The second-order valence-electron chi connectivity index (χ2n) is 4.24. The van der Waals surface area contributed by atoms with E-state index in [0.29, 0.717) is 0 Å². The van der Waals surface area contributed by atoms with Crippen molar-refractivity contribution < 1.29 is 4.79 Å². The van der Waals surface area contributed by atoms with Gasteiger partial charge < -0.3 is 10.6 Å². The van der Waals surface area contributed by atoms with Crippen LogP contribution < -0.4 is 10.6 Å². The van der Waals surface area contributed by atoms with Crippen LogP contribution in [0.15, 0.2) is 50.7 Å². The molecule has 5 heteroatoms. The Hall–Kier alpha value is -1.46. The third kappa shape index (κ3) is 2.48. The van der Waals surface area contributed by atoms with Crippen molar-refractivity contribution in [2.75, 3.05) is 10.6 Å². The summed E-state index contributed by atoms with van der Waals surface area (Å²) in [6, 6.07) is 12.0. The van der Waals surface area contributed by atoms with Gasteiger partial charge in [-0.1, -0.05) is 17.8 Å². The number of nitrogens with one attached hydrogen (secondary N) is 2. The second kappa shape index (κ2) is 4.90. The Bertz CT molecular complexity index is 672. The van der Waals surface area contributed by atoms with Gasteiger partial charge in [-0.2, -0.15) is 0 Å². The fourth-order valence-corrected chi connectivity index (χ4v) is 3.60. The molecule has 1 aliphatic rings. The number of amides is 1. The zero-order valence-corrected chi connectivity index (χ0v) is 12.6. The second-order valence-corrected chi connectivity index (χ2v) is 6.14. The van der Waals surface area contributed by atoms with E-state index in [9.17, 15) is 4.79 Å². The molecule has 0 saturated heterocycles. The fourth-order valence-electron chi connectivity index (χ4n) is 1.96. The van der Waals surface area contributed by atoms with Crippen molar-refractivity contribution in [3.8, 4) is 0 Å². The van der Waals surface area contributed by atoms with Gasteiger partial charge in [-0.15, -0.1) is 0 Å². The SMILES string of the molecule is CC(=O)Nc1ccc2c(c1)Sc1c(Br)cccc1N2. The van der Waals surface area contributed by atoms with E-state index in [4.69, 9.17) is 0 Å². The average molecular weight is 335 g/mol. The minimum Gasteiger partial charge on any atom is -0.354 e. The van der Waals surface area contributed by atoms with E-state index in [2.05, 4.69) is 32.6 Å². The van der Waals surface area contributed by atoms with Crippen molar-refractivity contribution >= 4 is 50.7 Å². The molecule has 0 spiro atoms. The normalized spacial score (nSPS) is 12.1. The van der Waals surface area contributed by atoms with E-state index >= 15 is 0 Å². The Morgan fingerprint density at radius 1 is 1.26 bits per heavy atom. The number of rotatable bonds is 1. The summed E-state index contributed by atoms with van der Waals surface area (Å²) in [4.78, 5) is 13.4. The first kappa shape index (κ1) is 12.6. The summed E-state index contributed by atoms with van der Waals surface area (Å²) < 4.78 is 1.07. The molecule has 0 aliphatic carbocycles. The van der Waals surface area contributed by atoms with E-state index in [1.165, 1.54) is 6.92 Å². The summed E-state index contributed by atoms with van der Waals surface area (Å²) in [7, 11) is 0. The third-order valence-electron chi connectivity index (χ3n) is 2.75. The van der Waals surface area contributed by atoms with Crippen molar-refractivity contribution in [1.82, 2.24) is 0 Å². The van der Waals surface area contributed by atoms with E-state index < -0.39 is 0 Å². The molecule has 0 unspecified atom stereocenters. The Morgan fingerprint density at radius 2 is 2.11 bits per heavy atom. The van der Waals surface area contributed by atoms with Gasteiger partial charge in [0.2, 0.25) is 5.91 Å². The highest BCUT2D eigenvalue weighted by Gasteiger charge is 2.18. The predicted molar refractivity (Wildman–Crippen MR) is 82.3 cm³/mol. The fraction of sp³-hybridized carbons (Fsp3) is 0.0714. The highest BCUT2D eigenvalue weighted by atomic mass is 79.9. The molecule has 0 fully saturated rings. The van der Waals surface area contributed by atoms with Gasteiger partial charge in [0.15, 0.2) is 0 Å². The highest BCUT2D eigenvalue weighted by Crippen LogP contribution is 2.47. The van der Waals surface area contributed by atoms with Gasteiger partial charge in [-0.05, 0) is 46.3 Å². The van der Waals surface area contributed by atoms with Crippen LogP contribution in [0.1, 0.15) is 6.92 Å². The summed E-state index contributed by atoms with van der Waals surface area (Å²) in [5, 5.41) is 6.20. The Labute approximate surface area is 123 Å². The van der Waals surface area contributed by atoms with E-state index in [-0.39, 0.29) is 5.91 Å². The first-order chi connectivity index (χ1) is 9.13. The largest absolute Gasteiger partial charge is 0.354 e. The maximum absolute atomic E-state index is 11.1. The van der Waals surface area contributed by atoms with Gasteiger partial charge in [0.25, 0.3) is 0 Å². The summed E-state index contributed by atoms with van der Waals surface area (Å²) in [5.74, 6) is -0.0599. The van der Waals surface area contributed by atoms with Crippen LogP contribution in [0.4, 0.5) is 17.1 Å². The minimum atomic E-state index is -0.0599. The van der Waals surface area contributed by atoms with Crippen LogP contribution in [0.5, 0.6) is 0 Å². The van der Waals surface area contributed by atoms with Crippen LogP contribution in [0.3, 0.4) is 0 Å². The Morgan fingerprint density at radius 3 is 2.89 bits per heavy atom. The molecule has 96 valence electrons. The molecule has 2 aromatic carbocycles. The van der Waals surface area contributed by atoms with Gasteiger partial charge in [0.05, 0.1) is 16.3 Å². The van der Waals surface area contributed by atoms with Crippen LogP contribution in [-0.2, 0) is 4.79 Å². The molecular formula is C14H11BrN2OS. The Balaban J connectivity index is 1.99. The maximum atomic E-state index is 11.1. The number of hydrogen-bond acceptors (Lipinski definition) is 3. The summed E-state index contributed by atoms with van der Waals surface area (Å²) >= 11 is 5.25. The molecule has 0 radical (unpaired) electrons. The molecule has 0 saturated carbocycles. The summed E-state index contributed by atoms with van der Waals surface area (Å²) in [6.45, 7) is 1.51. The lowest BCUT2D eigenvalue weighted by Crippen LogP contribution is -2.07. The van der Waals surface area contributed by atoms with Gasteiger partial charge >= 0.3 is 0 Å². The molecular weight excluding hydrogens is 324 g/mol. The smallest absolute Gasteiger partial charge is 0.221 e. The minimum absolute atomic E-state index is 0.0599. The van der Waals surface area contributed by atoms with Crippen LogP contribution in [-0.4, -0.2) is 5.91 Å². The molecule has 1 amide bonds. The first-order valence-corrected chi connectivity index (χ1v) is 7.39. The molecule has 2 aromatic rings. The number of anilines is 3. The van der Waals surface area contributed by atoms with Crippen molar-refractivity contribution in [1.29, 1.82) is 0 Å². The molecule has 3 rings (SSSR count). The summed E-state index contributed by atoms with van der Waals surface area (Å²) in [6.07, 6.45) is 0. The molecule has 3 nitrogen and oxygen atoms in total. The molecule has 0 atom stereocenters. The quantitative estimate of drug-likeness (QED) is 0.682. The van der Waals surface area contributed by atoms with E-state index in [1.54, 1.807) is 11.8 Å². The van der Waals surface area contributed by atoms with Crippen LogP contribution in [0.25, 0.3) is 0 Å². The van der Waals surface area contributed by atoms with Crippen molar-refractivity contribution in [3.05, 3.63) is 40.9 Å². The van der Waals surface area contributed by atoms with Gasteiger partial charge in [-0.3, -0.25) is 4.79 Å². The van der Waals surface area contributed by atoms with Crippen molar-refractivity contribution in [2.45, 2.75) is 16.7 Å². The maximum Gasteiger partial charge on any atom is 0.221 e. The number of carbonyl (C=O) groups is 1. The lowest BCUT2D eigenvalue weighted by Gasteiger charge is -2.22.